The van der Waals surface area contributed by atoms with Crippen molar-refractivity contribution in [1.29, 1.82) is 0 Å². The fourth-order valence-corrected chi connectivity index (χ4v) is 4.04. The molecule has 8 heteroatoms. The van der Waals surface area contributed by atoms with Gasteiger partial charge >= 0.3 is 6.18 Å². The third kappa shape index (κ3) is 4.49. The van der Waals surface area contributed by atoms with Crippen LogP contribution in [0, 0.1) is 0 Å². The Bertz CT molecular complexity index is 1100. The summed E-state index contributed by atoms with van der Waals surface area (Å²) in [5.41, 5.74) is 4.27. The van der Waals surface area contributed by atoms with Gasteiger partial charge in [0.15, 0.2) is 0 Å². The van der Waals surface area contributed by atoms with E-state index >= 15 is 0 Å². The molecule has 0 unspecified atom stereocenters. The lowest BCUT2D eigenvalue weighted by molar-refractivity contribution is -0.0884. The van der Waals surface area contributed by atoms with Crippen molar-refractivity contribution < 1.29 is 22.8 Å². The molecule has 0 radical (unpaired) electrons. The van der Waals surface area contributed by atoms with Gasteiger partial charge in [-0.3, -0.25) is 15.0 Å². The highest BCUT2D eigenvalue weighted by Crippen LogP contribution is 2.32. The van der Waals surface area contributed by atoms with E-state index in [0.717, 1.165) is 44.1 Å². The zero-order valence-electron chi connectivity index (χ0n) is 16.8. The largest absolute Gasteiger partial charge is 0.454 e. The Kier molecular flexibility index (Phi) is 5.82. The first-order chi connectivity index (χ1) is 14.8. The van der Waals surface area contributed by atoms with Gasteiger partial charge in [0.1, 0.15) is 0 Å². The number of carbonyl (C=O) groups is 2. The monoisotopic (exact) mass is 429 g/mol. The quantitative estimate of drug-likeness (QED) is 0.581. The topological polar surface area (TPSA) is 65.2 Å². The Balaban J connectivity index is 1.81. The number of Topliss-reactive ketones (excluding diaryl/α,β-unsaturated/α-hetero) is 1. The van der Waals surface area contributed by atoms with E-state index < -0.39 is 17.5 Å². The number of rotatable bonds is 5. The first-order valence-corrected chi connectivity index (χ1v) is 10.2. The highest BCUT2D eigenvalue weighted by atomic mass is 19.4. The number of alkyl halides is 3. The lowest BCUT2D eigenvalue weighted by atomic mass is 9.93. The van der Waals surface area contributed by atoms with Gasteiger partial charge in [-0.25, -0.2) is 5.01 Å². The molecule has 2 N–H and O–H groups in total. The molecule has 1 saturated heterocycles. The molecule has 0 aliphatic carbocycles. The van der Waals surface area contributed by atoms with Gasteiger partial charge in [0.2, 0.25) is 0 Å². The molecule has 31 heavy (non-hydrogen) atoms. The van der Waals surface area contributed by atoms with Gasteiger partial charge in [-0.15, -0.1) is 0 Å². The van der Waals surface area contributed by atoms with Gasteiger partial charge in [0.25, 0.3) is 11.7 Å². The number of piperidine rings is 1. The molecule has 1 aromatic heterocycles. The van der Waals surface area contributed by atoms with Crippen LogP contribution >= 0.6 is 0 Å². The van der Waals surface area contributed by atoms with E-state index in [1.807, 2.05) is 35.3 Å². The summed E-state index contributed by atoms with van der Waals surface area (Å²) in [5, 5.41) is 1.97. The molecule has 1 fully saturated rings. The number of nitrogens with one attached hydrogen (secondary N) is 2. The van der Waals surface area contributed by atoms with E-state index in [2.05, 4.69) is 10.4 Å². The molecule has 4 rings (SSSR count). The summed E-state index contributed by atoms with van der Waals surface area (Å²) in [4.78, 5) is 27.9. The van der Waals surface area contributed by atoms with Crippen molar-refractivity contribution >= 4 is 22.6 Å². The summed E-state index contributed by atoms with van der Waals surface area (Å²) in [6.45, 7) is 1.45. The Labute approximate surface area is 177 Å². The molecule has 0 saturated carbocycles. The van der Waals surface area contributed by atoms with Crippen molar-refractivity contribution in [3.63, 3.8) is 0 Å². The van der Waals surface area contributed by atoms with E-state index in [4.69, 9.17) is 0 Å². The van der Waals surface area contributed by atoms with Crippen LogP contribution in [0.15, 0.2) is 48.7 Å². The molecule has 0 atom stereocenters. The molecule has 1 amide bonds. The average Bonchev–Trinajstić information content (AvgIpc) is 3.18. The summed E-state index contributed by atoms with van der Waals surface area (Å²) >= 11 is 0. The fourth-order valence-electron chi connectivity index (χ4n) is 4.04. The number of aromatic amines is 1. The number of nitrogens with zero attached hydrogens (tertiary/aromatic N) is 1. The number of amides is 1. The molecule has 1 aliphatic rings. The minimum atomic E-state index is -5.01. The summed E-state index contributed by atoms with van der Waals surface area (Å²) in [6.07, 6.45) is -0.677. The molecule has 3 aromatic rings. The number of aromatic nitrogens is 1. The number of halogens is 3. The van der Waals surface area contributed by atoms with Crippen LogP contribution in [0.2, 0.25) is 0 Å². The zero-order chi connectivity index (χ0) is 22.0. The second-order valence-electron chi connectivity index (χ2n) is 7.69. The summed E-state index contributed by atoms with van der Waals surface area (Å²) < 4.78 is 39.7. The third-order valence-electron chi connectivity index (χ3n) is 5.54. The second kappa shape index (κ2) is 8.55. The average molecular weight is 429 g/mol. The van der Waals surface area contributed by atoms with E-state index in [1.165, 1.54) is 0 Å². The smallest absolute Gasteiger partial charge is 0.360 e. The number of hydrazine groups is 1. The molecule has 0 bridgehead atoms. The summed E-state index contributed by atoms with van der Waals surface area (Å²) in [6, 6.07) is 12.3. The first kappa shape index (κ1) is 21.1. The van der Waals surface area contributed by atoms with Crippen molar-refractivity contribution in [2.45, 2.75) is 31.9 Å². The Morgan fingerprint density at radius 2 is 1.68 bits per heavy atom. The SMILES string of the molecule is O=C(NN1CCCCC1)c1ccc2[nH]cc(C(=O)C(F)(F)F)c2c1Cc1ccccc1. The Morgan fingerprint density at radius 1 is 0.968 bits per heavy atom. The maximum absolute atomic E-state index is 13.2. The number of ketones is 1. The van der Waals surface area contributed by atoms with Crippen LogP contribution in [0.25, 0.3) is 10.9 Å². The molecule has 1 aliphatic heterocycles. The van der Waals surface area contributed by atoms with Crippen molar-refractivity contribution in [3.8, 4) is 0 Å². The van der Waals surface area contributed by atoms with Crippen molar-refractivity contribution in [2.75, 3.05) is 13.1 Å². The van der Waals surface area contributed by atoms with Gasteiger partial charge in [-0.05, 0) is 42.5 Å². The number of hydrogen-bond acceptors (Lipinski definition) is 3. The number of hydrogen-bond donors (Lipinski definition) is 2. The maximum Gasteiger partial charge on any atom is 0.454 e. The molecule has 2 aromatic carbocycles. The van der Waals surface area contributed by atoms with Gasteiger partial charge in [-0.1, -0.05) is 36.8 Å². The number of H-pyrrole nitrogens is 1. The van der Waals surface area contributed by atoms with Crippen LogP contribution in [0.4, 0.5) is 13.2 Å². The molecule has 2 heterocycles. The lowest BCUT2D eigenvalue weighted by Crippen LogP contribution is -2.45. The molecule has 5 nitrogen and oxygen atoms in total. The molecule has 162 valence electrons. The molecular formula is C23H22F3N3O2. The van der Waals surface area contributed by atoms with Crippen LogP contribution in [-0.2, 0) is 6.42 Å². The third-order valence-corrected chi connectivity index (χ3v) is 5.54. The molecule has 0 spiro atoms. The van der Waals surface area contributed by atoms with E-state index in [1.54, 1.807) is 12.1 Å². The van der Waals surface area contributed by atoms with Gasteiger partial charge in [0.05, 0.1) is 5.56 Å². The van der Waals surface area contributed by atoms with E-state index in [0.29, 0.717) is 11.1 Å². The van der Waals surface area contributed by atoms with Gasteiger partial charge in [-0.2, -0.15) is 13.2 Å². The predicted octanol–water partition coefficient (Wildman–Crippen LogP) is 4.63. The van der Waals surface area contributed by atoms with Crippen LogP contribution in [0.1, 0.15) is 51.1 Å². The normalized spacial score (nSPS) is 15.2. The maximum atomic E-state index is 13.2. The minimum absolute atomic E-state index is 0.137. The summed E-state index contributed by atoms with van der Waals surface area (Å²) in [7, 11) is 0. The zero-order valence-corrected chi connectivity index (χ0v) is 16.8. The number of fused-ring (bicyclic) bond motifs is 1. The highest BCUT2D eigenvalue weighted by Gasteiger charge is 2.41. The minimum Gasteiger partial charge on any atom is -0.360 e. The predicted molar refractivity (Wildman–Crippen MR) is 111 cm³/mol. The second-order valence-corrected chi connectivity index (χ2v) is 7.69. The highest BCUT2D eigenvalue weighted by molar-refractivity contribution is 6.13. The van der Waals surface area contributed by atoms with Crippen molar-refractivity contribution in [1.82, 2.24) is 15.4 Å². The van der Waals surface area contributed by atoms with Crippen molar-refractivity contribution in [2.24, 2.45) is 0 Å². The van der Waals surface area contributed by atoms with Crippen LogP contribution in [0.5, 0.6) is 0 Å². The van der Waals surface area contributed by atoms with Crippen LogP contribution in [0.3, 0.4) is 0 Å². The first-order valence-electron chi connectivity index (χ1n) is 10.2. The lowest BCUT2D eigenvalue weighted by Gasteiger charge is -2.27. The number of carbonyl (C=O) groups excluding carboxylic acids is 2. The van der Waals surface area contributed by atoms with Gasteiger partial charge < -0.3 is 4.98 Å². The Morgan fingerprint density at radius 3 is 2.35 bits per heavy atom. The van der Waals surface area contributed by atoms with Crippen molar-refractivity contribution in [3.05, 3.63) is 70.9 Å². The van der Waals surface area contributed by atoms with Crippen LogP contribution in [-0.4, -0.2) is 40.9 Å². The number of benzene rings is 2. The molecular weight excluding hydrogens is 407 g/mol. The van der Waals surface area contributed by atoms with E-state index in [9.17, 15) is 22.8 Å². The standard InChI is InChI=1S/C23H22F3N3O2/c24-23(25,26)21(30)18-14-27-19-10-9-16(22(31)28-29-11-5-2-6-12-29)17(20(18)19)13-15-7-3-1-4-8-15/h1,3-4,7-10,14,27H,2,5-6,11-13H2,(H,28,31). The van der Waals surface area contributed by atoms with Crippen LogP contribution < -0.4 is 5.43 Å². The van der Waals surface area contributed by atoms with Gasteiger partial charge in [0, 0.05) is 35.8 Å². The fraction of sp³-hybridized carbons (Fsp3) is 0.304. The van der Waals surface area contributed by atoms with E-state index in [-0.39, 0.29) is 23.3 Å². The summed E-state index contributed by atoms with van der Waals surface area (Å²) in [5.74, 6) is -2.32. The Hall–Kier alpha value is -3.13.